The molecule has 0 atom stereocenters. The molecule has 0 fully saturated rings. The first kappa shape index (κ1) is 10.3. The molecule has 8 heteroatoms. The maximum absolute atomic E-state index is 11.4. The predicted octanol–water partition coefficient (Wildman–Crippen LogP) is 0.477. The fourth-order valence-corrected chi connectivity index (χ4v) is 1.51. The Bertz CT molecular complexity index is 504. The zero-order valence-electron chi connectivity index (χ0n) is 7.95. The minimum Gasteiger partial charge on any atom is -0.379 e. The number of nitrogens with zero attached hydrogens (tertiary/aromatic N) is 3. The van der Waals surface area contributed by atoms with E-state index in [-0.39, 0.29) is 11.5 Å². The number of nitrogen functional groups attached to an aromatic ring is 1. The van der Waals surface area contributed by atoms with Gasteiger partial charge in [0.2, 0.25) is 11.5 Å². The molecule has 2 aromatic rings. The number of carbonyl (C=O) groups excluding carboxylic acids is 1. The van der Waals surface area contributed by atoms with Crippen molar-refractivity contribution >= 4 is 29.3 Å². The van der Waals surface area contributed by atoms with Crippen LogP contribution in [0.5, 0.6) is 0 Å². The number of amides is 1. The lowest BCUT2D eigenvalue weighted by Crippen LogP contribution is -2.19. The highest BCUT2D eigenvalue weighted by Gasteiger charge is 2.14. The van der Waals surface area contributed by atoms with Crippen molar-refractivity contribution in [2.75, 3.05) is 5.73 Å². The second kappa shape index (κ2) is 4.53. The van der Waals surface area contributed by atoms with Crippen LogP contribution < -0.4 is 11.2 Å². The van der Waals surface area contributed by atoms with Crippen LogP contribution in [0, 0.1) is 0 Å². The normalized spacial score (nSPS) is 10.8. The van der Waals surface area contributed by atoms with Gasteiger partial charge in [0.15, 0.2) is 0 Å². The highest BCUT2D eigenvalue weighted by atomic mass is 32.1. The van der Waals surface area contributed by atoms with Crippen LogP contribution in [-0.2, 0) is 0 Å². The van der Waals surface area contributed by atoms with Crippen LogP contribution in [0.25, 0.3) is 0 Å². The molecule has 82 valence electrons. The Kier molecular flexibility index (Phi) is 2.92. The minimum absolute atomic E-state index is 0.0659. The molecule has 0 aromatic carbocycles. The molecule has 2 rings (SSSR count). The summed E-state index contributed by atoms with van der Waals surface area (Å²) in [7, 11) is 0. The average molecular weight is 237 g/mol. The van der Waals surface area contributed by atoms with Gasteiger partial charge in [-0.3, -0.25) is 4.79 Å². The summed E-state index contributed by atoms with van der Waals surface area (Å²) in [6.45, 7) is 0. The zero-order chi connectivity index (χ0) is 11.4. The van der Waals surface area contributed by atoms with Crippen molar-refractivity contribution in [2.24, 2.45) is 5.10 Å². The van der Waals surface area contributed by atoms with Gasteiger partial charge in [0.25, 0.3) is 5.91 Å². The summed E-state index contributed by atoms with van der Waals surface area (Å²) in [6.07, 6.45) is 1.52. The van der Waals surface area contributed by atoms with Crippen LogP contribution in [0.1, 0.15) is 15.4 Å². The van der Waals surface area contributed by atoms with Gasteiger partial charge in [0.05, 0.1) is 6.21 Å². The van der Waals surface area contributed by atoms with Crippen LogP contribution in [0.3, 0.4) is 0 Å². The Morgan fingerprint density at radius 3 is 3.12 bits per heavy atom. The number of carbonyl (C=O) groups is 1. The average Bonchev–Trinajstić information content (AvgIpc) is 2.88. The lowest BCUT2D eigenvalue weighted by molar-refractivity contribution is 0.0946. The van der Waals surface area contributed by atoms with Crippen LogP contribution >= 0.6 is 11.3 Å². The van der Waals surface area contributed by atoms with Gasteiger partial charge >= 0.3 is 0 Å². The topological polar surface area (TPSA) is 106 Å². The van der Waals surface area contributed by atoms with E-state index in [1.807, 2.05) is 17.5 Å². The third-order valence-corrected chi connectivity index (χ3v) is 2.44. The second-order valence-corrected chi connectivity index (χ2v) is 3.69. The maximum atomic E-state index is 11.4. The van der Waals surface area contributed by atoms with E-state index in [0.29, 0.717) is 0 Å². The number of hydrazone groups is 1. The lowest BCUT2D eigenvalue weighted by atomic mass is 10.4. The summed E-state index contributed by atoms with van der Waals surface area (Å²) < 4.78 is 4.28. The molecular formula is C8H7N5O2S. The number of thiophene rings is 1. The molecule has 0 saturated carbocycles. The standard InChI is InChI=1S/C8H7N5O2S/c9-7-6(12-15-13-7)8(14)11-10-4-5-2-1-3-16-5/h1-4H,(H2,9,13)(H,11,14). The molecule has 1 amide bonds. The van der Waals surface area contributed by atoms with E-state index in [1.54, 1.807) is 0 Å². The number of aromatic nitrogens is 2. The van der Waals surface area contributed by atoms with Gasteiger partial charge in [0.1, 0.15) is 0 Å². The summed E-state index contributed by atoms with van der Waals surface area (Å²) in [5.41, 5.74) is 7.51. The van der Waals surface area contributed by atoms with E-state index in [2.05, 4.69) is 25.5 Å². The molecule has 16 heavy (non-hydrogen) atoms. The SMILES string of the molecule is Nc1nonc1C(=O)NN=Cc1cccs1. The van der Waals surface area contributed by atoms with Crippen molar-refractivity contribution in [1.82, 2.24) is 15.7 Å². The smallest absolute Gasteiger partial charge is 0.297 e. The van der Waals surface area contributed by atoms with E-state index < -0.39 is 5.91 Å². The maximum Gasteiger partial charge on any atom is 0.297 e. The second-order valence-electron chi connectivity index (χ2n) is 2.71. The Morgan fingerprint density at radius 2 is 2.50 bits per heavy atom. The molecule has 0 unspecified atom stereocenters. The molecule has 0 bridgehead atoms. The molecule has 7 nitrogen and oxygen atoms in total. The van der Waals surface area contributed by atoms with Crippen LogP contribution in [-0.4, -0.2) is 22.4 Å². The first-order chi connectivity index (χ1) is 7.77. The van der Waals surface area contributed by atoms with Crippen molar-refractivity contribution in [1.29, 1.82) is 0 Å². The summed E-state index contributed by atoms with van der Waals surface area (Å²) in [5.74, 6) is -0.629. The van der Waals surface area contributed by atoms with Gasteiger partial charge in [-0.25, -0.2) is 10.1 Å². The third-order valence-electron chi connectivity index (χ3n) is 1.63. The summed E-state index contributed by atoms with van der Waals surface area (Å²) in [4.78, 5) is 12.3. The molecular weight excluding hydrogens is 230 g/mol. The Labute approximate surface area is 93.9 Å². The van der Waals surface area contributed by atoms with Crippen LogP contribution in [0.15, 0.2) is 27.2 Å². The predicted molar refractivity (Wildman–Crippen MR) is 58.1 cm³/mol. The van der Waals surface area contributed by atoms with E-state index in [0.717, 1.165) is 4.88 Å². The summed E-state index contributed by atoms with van der Waals surface area (Å²) >= 11 is 1.50. The number of hydrogen-bond acceptors (Lipinski definition) is 7. The van der Waals surface area contributed by atoms with E-state index in [9.17, 15) is 4.79 Å². The summed E-state index contributed by atoms with van der Waals surface area (Å²) in [5, 5.41) is 12.3. The molecule has 2 heterocycles. The first-order valence-electron chi connectivity index (χ1n) is 4.22. The molecule has 0 aliphatic heterocycles. The molecule has 0 spiro atoms. The van der Waals surface area contributed by atoms with Crippen molar-refractivity contribution in [3.63, 3.8) is 0 Å². The molecule has 0 radical (unpaired) electrons. The summed E-state index contributed by atoms with van der Waals surface area (Å²) in [6, 6.07) is 3.75. The van der Waals surface area contributed by atoms with Crippen molar-refractivity contribution in [3.05, 3.63) is 28.1 Å². The molecule has 2 aromatic heterocycles. The fourth-order valence-electron chi connectivity index (χ4n) is 0.925. The highest BCUT2D eigenvalue weighted by Crippen LogP contribution is 2.05. The van der Waals surface area contributed by atoms with Gasteiger partial charge in [-0.05, 0) is 21.8 Å². The van der Waals surface area contributed by atoms with Crippen molar-refractivity contribution in [3.8, 4) is 0 Å². The fraction of sp³-hybridized carbons (Fsp3) is 0. The van der Waals surface area contributed by atoms with Gasteiger partial charge in [-0.2, -0.15) is 5.10 Å². The number of hydrogen-bond donors (Lipinski definition) is 2. The zero-order valence-corrected chi connectivity index (χ0v) is 8.77. The van der Waals surface area contributed by atoms with Crippen LogP contribution in [0.4, 0.5) is 5.82 Å². The van der Waals surface area contributed by atoms with E-state index in [4.69, 9.17) is 5.73 Å². The highest BCUT2D eigenvalue weighted by molar-refractivity contribution is 7.11. The Hall–Kier alpha value is -2.22. The number of nitrogens with one attached hydrogen (secondary N) is 1. The molecule has 0 saturated heterocycles. The molecule has 0 aliphatic rings. The third kappa shape index (κ3) is 2.23. The minimum atomic E-state index is -0.563. The Balaban J connectivity index is 1.97. The quantitative estimate of drug-likeness (QED) is 0.596. The van der Waals surface area contributed by atoms with Gasteiger partial charge in [0, 0.05) is 4.88 Å². The van der Waals surface area contributed by atoms with Gasteiger partial charge in [-0.15, -0.1) is 11.3 Å². The monoisotopic (exact) mass is 237 g/mol. The number of rotatable bonds is 3. The lowest BCUT2D eigenvalue weighted by Gasteiger charge is -1.93. The van der Waals surface area contributed by atoms with E-state index >= 15 is 0 Å². The van der Waals surface area contributed by atoms with Crippen molar-refractivity contribution < 1.29 is 9.42 Å². The number of anilines is 1. The van der Waals surface area contributed by atoms with Gasteiger partial charge < -0.3 is 5.73 Å². The van der Waals surface area contributed by atoms with Crippen molar-refractivity contribution in [2.45, 2.75) is 0 Å². The van der Waals surface area contributed by atoms with E-state index in [1.165, 1.54) is 17.6 Å². The molecule has 0 aliphatic carbocycles. The first-order valence-corrected chi connectivity index (χ1v) is 5.10. The van der Waals surface area contributed by atoms with Gasteiger partial charge in [-0.1, -0.05) is 6.07 Å². The number of nitrogens with two attached hydrogens (primary N) is 1. The Morgan fingerprint density at radius 1 is 1.62 bits per heavy atom. The molecule has 3 N–H and O–H groups in total. The largest absolute Gasteiger partial charge is 0.379 e. The van der Waals surface area contributed by atoms with Crippen LogP contribution in [0.2, 0.25) is 0 Å².